The minimum Gasteiger partial charge on any atom is -0.565 e. The summed E-state index contributed by atoms with van der Waals surface area (Å²) in [5.74, 6) is 1.47. The van der Waals surface area contributed by atoms with Crippen molar-refractivity contribution < 1.29 is 25.6 Å². The average molecular weight is 396 g/mol. The Kier molecular flexibility index (Phi) is 9.58. The van der Waals surface area contributed by atoms with Gasteiger partial charge in [0.05, 0.1) is 23.9 Å². The van der Waals surface area contributed by atoms with Gasteiger partial charge in [0.15, 0.2) is 5.75 Å². The molecule has 1 unspecified atom stereocenters. The van der Waals surface area contributed by atoms with Gasteiger partial charge in [-0.3, -0.25) is 4.68 Å². The Hall–Kier alpha value is -2.34. The molecule has 1 heterocycles. The molecule has 0 aliphatic rings. The first-order valence-corrected chi connectivity index (χ1v) is 9.43. The summed E-state index contributed by atoms with van der Waals surface area (Å²) < 4.78 is 19.7. The standard InChI is InChI=1S/C17H22N4O.HO4P.H2/c1-4-15-17(16(5-2)21(20-15)7-6-18)22-14-9-12(3)8-13(10-14)11-19;1-4-5(2)3;/h8-10H,4-7,18H2,1-3H3;1H;1H. The van der Waals surface area contributed by atoms with Gasteiger partial charge in [0, 0.05) is 12.6 Å². The Morgan fingerprint density at radius 2 is 2.07 bits per heavy atom. The van der Waals surface area contributed by atoms with Crippen LogP contribution in [0.25, 0.3) is 0 Å². The molecule has 3 N–H and O–H groups in total. The fourth-order valence-corrected chi connectivity index (χ4v) is 2.52. The van der Waals surface area contributed by atoms with Gasteiger partial charge in [0.1, 0.15) is 11.4 Å². The van der Waals surface area contributed by atoms with Gasteiger partial charge in [0.2, 0.25) is 0 Å². The third-order valence-electron chi connectivity index (χ3n) is 3.55. The summed E-state index contributed by atoms with van der Waals surface area (Å²) in [4.78, 5) is 8.93. The third kappa shape index (κ3) is 6.71. The Labute approximate surface area is 160 Å². The molecule has 2 aromatic rings. The number of nitrogens with zero attached hydrogens (tertiary/aromatic N) is 3. The number of aromatic nitrogens is 2. The van der Waals surface area contributed by atoms with Gasteiger partial charge in [-0.15, -0.1) is 0 Å². The highest BCUT2D eigenvalue weighted by molar-refractivity contribution is 7.30. The number of aryl methyl sites for hydroxylation is 2. The van der Waals surface area contributed by atoms with Crippen LogP contribution in [0.5, 0.6) is 11.5 Å². The zero-order valence-corrected chi connectivity index (χ0v) is 16.4. The van der Waals surface area contributed by atoms with E-state index in [0.29, 0.717) is 24.4 Å². The Balaban J connectivity index is 0.00000108. The SMILES string of the molecule is CCc1nn(CCN)c(CC)c1Oc1cc(C)cc(C#N)c1.O=[P+]([O-])OO.[HH]. The summed E-state index contributed by atoms with van der Waals surface area (Å²) in [7, 11) is -3.04. The van der Waals surface area contributed by atoms with Crippen molar-refractivity contribution in [2.24, 2.45) is 5.73 Å². The van der Waals surface area contributed by atoms with Gasteiger partial charge in [0.25, 0.3) is 0 Å². The molecule has 0 radical (unpaired) electrons. The van der Waals surface area contributed by atoms with Crippen molar-refractivity contribution in [1.82, 2.24) is 9.78 Å². The maximum absolute atomic E-state index is 9.09. The van der Waals surface area contributed by atoms with Crippen LogP contribution in [0.4, 0.5) is 0 Å². The summed E-state index contributed by atoms with van der Waals surface area (Å²) in [6.07, 6.45) is 1.61. The lowest BCUT2D eigenvalue weighted by molar-refractivity contribution is -0.244. The van der Waals surface area contributed by atoms with Crippen LogP contribution in [0.2, 0.25) is 0 Å². The van der Waals surface area contributed by atoms with E-state index in [-0.39, 0.29) is 1.43 Å². The van der Waals surface area contributed by atoms with E-state index in [1.54, 1.807) is 6.07 Å². The second kappa shape index (κ2) is 11.4. The molecule has 0 bridgehead atoms. The van der Waals surface area contributed by atoms with Gasteiger partial charge >= 0.3 is 8.25 Å². The molecular formula is C17H25N4O5P. The normalized spacial score (nSPS) is 10.6. The molecule has 0 spiro atoms. The van der Waals surface area contributed by atoms with Crippen molar-refractivity contribution in [3.63, 3.8) is 0 Å². The lowest BCUT2D eigenvalue weighted by Crippen LogP contribution is -2.13. The number of nitrogens with two attached hydrogens (primary N) is 1. The second-order valence-corrected chi connectivity index (χ2v) is 6.11. The van der Waals surface area contributed by atoms with Crippen LogP contribution in [0, 0.1) is 18.3 Å². The van der Waals surface area contributed by atoms with Crippen molar-refractivity contribution in [3.8, 4) is 17.6 Å². The number of rotatable bonds is 7. The van der Waals surface area contributed by atoms with Gasteiger partial charge in [-0.1, -0.05) is 13.8 Å². The van der Waals surface area contributed by atoms with Crippen LogP contribution in [0.15, 0.2) is 18.2 Å². The van der Waals surface area contributed by atoms with Crippen LogP contribution < -0.4 is 15.4 Å². The van der Waals surface area contributed by atoms with E-state index in [1.807, 2.05) is 23.7 Å². The molecule has 0 aliphatic carbocycles. The number of hydrogen-bond donors (Lipinski definition) is 2. The summed E-state index contributed by atoms with van der Waals surface area (Å²) in [5.41, 5.74) is 9.22. The zero-order valence-electron chi connectivity index (χ0n) is 15.5. The molecule has 10 heteroatoms. The minimum atomic E-state index is -3.04. The van der Waals surface area contributed by atoms with E-state index in [4.69, 9.17) is 30.4 Å². The lowest BCUT2D eigenvalue weighted by Gasteiger charge is -2.10. The molecule has 148 valence electrons. The first-order valence-electron chi connectivity index (χ1n) is 8.34. The highest BCUT2D eigenvalue weighted by Gasteiger charge is 2.17. The predicted molar refractivity (Wildman–Crippen MR) is 99.4 cm³/mol. The molecule has 0 saturated heterocycles. The molecule has 1 aromatic heterocycles. The van der Waals surface area contributed by atoms with E-state index in [2.05, 4.69) is 29.7 Å². The van der Waals surface area contributed by atoms with Crippen molar-refractivity contribution in [2.45, 2.75) is 40.2 Å². The molecule has 0 amide bonds. The van der Waals surface area contributed by atoms with Crippen LogP contribution in [0.1, 0.15) is 37.8 Å². The quantitative estimate of drug-likeness (QED) is 0.412. The highest BCUT2D eigenvalue weighted by Crippen LogP contribution is 2.31. The molecule has 1 aromatic carbocycles. The molecular weight excluding hydrogens is 371 g/mol. The minimum absolute atomic E-state index is 0. The van der Waals surface area contributed by atoms with E-state index < -0.39 is 8.25 Å². The molecule has 0 aliphatic heterocycles. The van der Waals surface area contributed by atoms with Crippen molar-refractivity contribution in [1.29, 1.82) is 5.26 Å². The maximum atomic E-state index is 9.09. The largest absolute Gasteiger partial charge is 0.565 e. The van der Waals surface area contributed by atoms with Crippen LogP contribution in [-0.2, 0) is 28.6 Å². The van der Waals surface area contributed by atoms with Crippen molar-refractivity contribution >= 4 is 8.25 Å². The second-order valence-electron chi connectivity index (χ2n) is 5.50. The summed E-state index contributed by atoms with van der Waals surface area (Å²) in [5, 5.41) is 20.7. The predicted octanol–water partition coefficient (Wildman–Crippen LogP) is 2.68. The molecule has 9 nitrogen and oxygen atoms in total. The number of nitriles is 1. The van der Waals surface area contributed by atoms with Gasteiger partial charge in [-0.2, -0.15) is 10.4 Å². The van der Waals surface area contributed by atoms with Crippen LogP contribution >= 0.6 is 8.25 Å². The Bertz CT molecular complexity index is 823. The van der Waals surface area contributed by atoms with Crippen LogP contribution in [0.3, 0.4) is 0 Å². The number of ether oxygens (including phenoxy) is 1. The fraction of sp³-hybridized carbons (Fsp3) is 0.412. The summed E-state index contributed by atoms with van der Waals surface area (Å²) in [6, 6.07) is 7.69. The Morgan fingerprint density at radius 3 is 2.56 bits per heavy atom. The smallest absolute Gasteiger partial charge is 0.521 e. The molecule has 1 atom stereocenters. The van der Waals surface area contributed by atoms with Crippen molar-refractivity contribution in [3.05, 3.63) is 40.7 Å². The molecule has 0 saturated carbocycles. The summed E-state index contributed by atoms with van der Waals surface area (Å²) >= 11 is 0. The topological polar surface area (TPSA) is 146 Å². The molecule has 0 fully saturated rings. The average Bonchev–Trinajstić information content (AvgIpc) is 2.98. The molecule has 27 heavy (non-hydrogen) atoms. The Morgan fingerprint density at radius 1 is 1.41 bits per heavy atom. The number of benzene rings is 1. The van der Waals surface area contributed by atoms with Crippen LogP contribution in [-0.4, -0.2) is 21.6 Å². The monoisotopic (exact) mass is 396 g/mol. The zero-order chi connectivity index (χ0) is 20.4. The van der Waals surface area contributed by atoms with E-state index >= 15 is 0 Å². The van der Waals surface area contributed by atoms with E-state index in [0.717, 1.165) is 35.5 Å². The van der Waals surface area contributed by atoms with E-state index in [9.17, 15) is 0 Å². The van der Waals surface area contributed by atoms with Gasteiger partial charge in [-0.25, -0.2) is 5.26 Å². The van der Waals surface area contributed by atoms with Gasteiger partial charge in [-0.05, 0) is 48.1 Å². The van der Waals surface area contributed by atoms with Crippen molar-refractivity contribution in [2.75, 3.05) is 6.54 Å². The first-order chi connectivity index (χ1) is 12.9. The third-order valence-corrected chi connectivity index (χ3v) is 3.69. The fourth-order valence-electron chi connectivity index (χ4n) is 2.52. The molecule has 2 rings (SSSR count). The number of hydrogen-bond acceptors (Lipinski definition) is 8. The van der Waals surface area contributed by atoms with Gasteiger partial charge < -0.3 is 15.4 Å². The lowest BCUT2D eigenvalue weighted by atomic mass is 10.1. The van der Waals surface area contributed by atoms with E-state index in [1.165, 1.54) is 0 Å². The summed E-state index contributed by atoms with van der Waals surface area (Å²) in [6.45, 7) is 7.30. The first kappa shape index (κ1) is 22.7. The maximum Gasteiger partial charge on any atom is 0.521 e. The highest BCUT2D eigenvalue weighted by atomic mass is 31.1.